The molecule has 1 rings (SSSR count). The molecule has 0 saturated carbocycles. The lowest BCUT2D eigenvalue weighted by Crippen LogP contribution is -2.37. The molecule has 0 aliphatic rings. The van der Waals surface area contributed by atoms with Crippen molar-refractivity contribution in [2.45, 2.75) is 0 Å². The molecule has 0 fully saturated rings. The van der Waals surface area contributed by atoms with Crippen molar-refractivity contribution in [1.82, 2.24) is 0 Å². The number of aromatic carboxylic acids is 2. The van der Waals surface area contributed by atoms with Gasteiger partial charge in [0.1, 0.15) is 0 Å². The summed E-state index contributed by atoms with van der Waals surface area (Å²) in [5, 5.41) is 73.9. The van der Waals surface area contributed by atoms with Crippen molar-refractivity contribution in [3.05, 3.63) is 73.4 Å². The highest BCUT2D eigenvalue weighted by Crippen LogP contribution is 2.12. The number of aliphatic hydroxyl groups is 4. The zero-order valence-electron chi connectivity index (χ0n) is 19.1. The minimum Gasteiger partial charge on any atom is -0.478 e. The third-order valence-electron chi connectivity index (χ3n) is 3.25. The molecule has 0 spiro atoms. The number of carboxylic acids is 5. The SMILES string of the molecule is C=CC(=O)O.C=CC(=O)O.C=CC(=O)O.O=C(O)c1ccccc1C(=O)O.OCC(CO)(CO)CO. The Morgan fingerprint density at radius 3 is 0.861 bits per heavy atom. The van der Waals surface area contributed by atoms with Gasteiger partial charge in [0.15, 0.2) is 0 Å². The number of hydrogen-bond donors (Lipinski definition) is 9. The number of carboxylic acid groups (broad SMARTS) is 5. The molecule has 1 aromatic rings. The lowest BCUT2D eigenvalue weighted by Gasteiger charge is -2.23. The van der Waals surface area contributed by atoms with Crippen LogP contribution in [0.3, 0.4) is 0 Å². The van der Waals surface area contributed by atoms with Crippen molar-refractivity contribution in [3.63, 3.8) is 0 Å². The van der Waals surface area contributed by atoms with Crippen molar-refractivity contribution in [3.8, 4) is 0 Å². The Balaban J connectivity index is -0.000000189. The van der Waals surface area contributed by atoms with Crippen LogP contribution in [0.25, 0.3) is 0 Å². The van der Waals surface area contributed by atoms with Crippen molar-refractivity contribution >= 4 is 29.8 Å². The summed E-state index contributed by atoms with van der Waals surface area (Å²) in [7, 11) is 0. The van der Waals surface area contributed by atoms with Gasteiger partial charge in [0.2, 0.25) is 0 Å². The van der Waals surface area contributed by atoms with Crippen LogP contribution in [0.1, 0.15) is 20.7 Å². The summed E-state index contributed by atoms with van der Waals surface area (Å²) >= 11 is 0. The second kappa shape index (κ2) is 23.8. The van der Waals surface area contributed by atoms with Gasteiger partial charge < -0.3 is 46.0 Å². The van der Waals surface area contributed by atoms with Crippen LogP contribution >= 0.6 is 0 Å². The zero-order valence-corrected chi connectivity index (χ0v) is 19.1. The second-order valence-electron chi connectivity index (χ2n) is 5.92. The van der Waals surface area contributed by atoms with E-state index in [1.165, 1.54) is 24.3 Å². The number of aliphatic carboxylic acids is 3. The number of rotatable bonds is 9. The highest BCUT2D eigenvalue weighted by Gasteiger charge is 2.26. The quantitative estimate of drug-likeness (QED) is 0.192. The Kier molecular flexibility index (Phi) is 25.7. The average Bonchev–Trinajstić information content (AvgIpc) is 2.87. The highest BCUT2D eigenvalue weighted by atomic mass is 16.4. The van der Waals surface area contributed by atoms with Gasteiger partial charge in [-0.25, -0.2) is 24.0 Å². The molecule has 0 unspecified atom stereocenters. The average molecular weight is 518 g/mol. The predicted molar refractivity (Wildman–Crippen MR) is 125 cm³/mol. The van der Waals surface area contributed by atoms with Gasteiger partial charge in [0.25, 0.3) is 0 Å². The largest absolute Gasteiger partial charge is 0.478 e. The smallest absolute Gasteiger partial charge is 0.336 e. The van der Waals surface area contributed by atoms with Gasteiger partial charge in [-0.15, -0.1) is 0 Å². The van der Waals surface area contributed by atoms with Gasteiger partial charge in [-0.05, 0) is 12.1 Å². The molecule has 0 aliphatic carbocycles. The van der Waals surface area contributed by atoms with Gasteiger partial charge in [-0.1, -0.05) is 31.9 Å². The Hall–Kier alpha value is -4.37. The molecule has 0 aliphatic heterocycles. The molecule has 0 bridgehead atoms. The maximum absolute atomic E-state index is 10.5. The first-order valence-corrected chi connectivity index (χ1v) is 9.24. The number of carbonyl (C=O) groups is 5. The highest BCUT2D eigenvalue weighted by molar-refractivity contribution is 6.01. The van der Waals surface area contributed by atoms with E-state index in [-0.39, 0.29) is 11.1 Å². The Morgan fingerprint density at radius 1 is 0.583 bits per heavy atom. The van der Waals surface area contributed by atoms with E-state index in [0.29, 0.717) is 0 Å². The molecule has 0 radical (unpaired) electrons. The van der Waals surface area contributed by atoms with E-state index in [1.807, 2.05) is 0 Å². The molecule has 14 nitrogen and oxygen atoms in total. The van der Waals surface area contributed by atoms with Crippen LogP contribution in [0.2, 0.25) is 0 Å². The molecule has 0 aromatic heterocycles. The van der Waals surface area contributed by atoms with Crippen molar-refractivity contribution in [2.75, 3.05) is 26.4 Å². The van der Waals surface area contributed by atoms with E-state index >= 15 is 0 Å². The van der Waals surface area contributed by atoms with Gasteiger partial charge in [-0.2, -0.15) is 0 Å². The second-order valence-corrected chi connectivity index (χ2v) is 5.92. The van der Waals surface area contributed by atoms with Crippen LogP contribution in [-0.2, 0) is 14.4 Å². The molecule has 14 heteroatoms. The zero-order chi connectivity index (χ0) is 29.3. The monoisotopic (exact) mass is 518 g/mol. The molecule has 1 aromatic carbocycles. The first-order valence-electron chi connectivity index (χ1n) is 9.24. The lowest BCUT2D eigenvalue weighted by molar-refractivity contribution is -0.132. The van der Waals surface area contributed by atoms with Crippen molar-refractivity contribution in [1.29, 1.82) is 0 Å². The molecule has 0 atom stereocenters. The maximum atomic E-state index is 10.5. The topological polar surface area (TPSA) is 267 Å². The summed E-state index contributed by atoms with van der Waals surface area (Å²) in [4.78, 5) is 48.7. The summed E-state index contributed by atoms with van der Waals surface area (Å²) < 4.78 is 0. The molecule has 9 N–H and O–H groups in total. The third kappa shape index (κ3) is 22.8. The lowest BCUT2D eigenvalue weighted by atomic mass is 9.93. The van der Waals surface area contributed by atoms with E-state index in [1.54, 1.807) is 0 Å². The van der Waals surface area contributed by atoms with Gasteiger partial charge in [0, 0.05) is 18.2 Å². The van der Waals surface area contributed by atoms with E-state index in [0.717, 1.165) is 18.2 Å². The summed E-state index contributed by atoms with van der Waals surface area (Å²) in [6.07, 6.45) is 2.50. The third-order valence-corrected chi connectivity index (χ3v) is 3.25. The Morgan fingerprint density at radius 2 is 0.778 bits per heavy atom. The summed E-state index contributed by atoms with van der Waals surface area (Å²) in [6, 6.07) is 5.48. The summed E-state index contributed by atoms with van der Waals surface area (Å²) in [6.45, 7) is 7.26. The molecular weight excluding hydrogens is 488 g/mol. The normalized spacial score (nSPS) is 8.78. The molecule has 0 heterocycles. The fourth-order valence-corrected chi connectivity index (χ4v) is 1.16. The van der Waals surface area contributed by atoms with E-state index < -0.39 is 61.7 Å². The number of benzene rings is 1. The molecule has 0 amide bonds. The van der Waals surface area contributed by atoms with Crippen LogP contribution in [-0.4, -0.2) is 102 Å². The molecule has 0 saturated heterocycles. The molecule has 202 valence electrons. The Bertz CT molecular complexity index is 763. The van der Waals surface area contributed by atoms with Gasteiger partial charge in [-0.3, -0.25) is 0 Å². The first kappa shape index (κ1) is 38.9. The fraction of sp³-hybridized carbons (Fsp3) is 0.227. The van der Waals surface area contributed by atoms with Crippen molar-refractivity contribution in [2.24, 2.45) is 5.41 Å². The van der Waals surface area contributed by atoms with E-state index in [2.05, 4.69) is 19.7 Å². The minimum atomic E-state index is -1.23. The van der Waals surface area contributed by atoms with Crippen LogP contribution < -0.4 is 0 Å². The van der Waals surface area contributed by atoms with Gasteiger partial charge >= 0.3 is 29.8 Å². The van der Waals surface area contributed by atoms with E-state index in [4.69, 9.17) is 46.0 Å². The van der Waals surface area contributed by atoms with Crippen LogP contribution in [0.5, 0.6) is 0 Å². The summed E-state index contributed by atoms with van der Waals surface area (Å²) in [5.41, 5.74) is -1.49. The molecule has 36 heavy (non-hydrogen) atoms. The van der Waals surface area contributed by atoms with Crippen LogP contribution in [0.15, 0.2) is 62.2 Å². The standard InChI is InChI=1S/C8H6O4.C5H12O4.3C3H4O2/c9-7(10)5-3-1-2-4-6(5)8(11)12;6-1-5(2-7,3-8)4-9;3*1-2-3(4)5/h1-4H,(H,9,10)(H,11,12);6-9H,1-4H2;3*2H,1H2,(H,4,5). The predicted octanol–water partition coefficient (Wildman–Crippen LogP) is -0.204. The van der Waals surface area contributed by atoms with E-state index in [9.17, 15) is 24.0 Å². The maximum Gasteiger partial charge on any atom is 0.336 e. The number of aliphatic hydroxyl groups excluding tert-OH is 4. The minimum absolute atomic E-state index is 0.190. The fourth-order valence-electron chi connectivity index (χ4n) is 1.16. The van der Waals surface area contributed by atoms with Gasteiger partial charge in [0.05, 0.1) is 43.0 Å². The Labute approximate surface area is 205 Å². The van der Waals surface area contributed by atoms with Crippen LogP contribution in [0, 0.1) is 5.41 Å². The molecular formula is C22H30O14. The van der Waals surface area contributed by atoms with Crippen LogP contribution in [0.4, 0.5) is 0 Å². The van der Waals surface area contributed by atoms with Crippen molar-refractivity contribution < 1.29 is 69.9 Å². The summed E-state index contributed by atoms with van der Waals surface area (Å²) in [5.74, 6) is -5.40. The first-order chi connectivity index (χ1) is 16.7. The number of hydrogen-bond acceptors (Lipinski definition) is 9.